The van der Waals surface area contributed by atoms with Crippen LogP contribution in [0.25, 0.3) is 16.8 Å². The third-order valence-electron chi connectivity index (χ3n) is 4.55. The Hall–Kier alpha value is -2.74. The minimum atomic E-state index is -0.458. The molecule has 2 aliphatic heterocycles. The molecule has 0 aliphatic carbocycles. The normalized spacial score (nSPS) is 21.3. The van der Waals surface area contributed by atoms with Crippen LogP contribution in [0.3, 0.4) is 0 Å². The van der Waals surface area contributed by atoms with Gasteiger partial charge in [0.2, 0.25) is 5.72 Å². The largest absolute Gasteiger partial charge is 0.464 e. The predicted molar refractivity (Wildman–Crippen MR) is 90.1 cm³/mol. The summed E-state index contributed by atoms with van der Waals surface area (Å²) < 4.78 is 6.31. The van der Waals surface area contributed by atoms with E-state index >= 15 is 0 Å². The molecular weight excluding hydrogens is 270 g/mol. The molecule has 0 saturated heterocycles. The first-order valence-electron chi connectivity index (χ1n) is 7.59. The molecule has 2 heteroatoms. The molecule has 1 unspecified atom stereocenters. The Morgan fingerprint density at radius 2 is 1.77 bits per heavy atom. The van der Waals surface area contributed by atoms with Crippen LogP contribution in [0.5, 0.6) is 5.75 Å². The summed E-state index contributed by atoms with van der Waals surface area (Å²) in [7, 11) is 0. The highest BCUT2D eigenvalue weighted by Gasteiger charge is 2.39. The molecule has 1 atom stereocenters. The van der Waals surface area contributed by atoms with Crippen LogP contribution in [-0.2, 0) is 6.42 Å². The quantitative estimate of drug-likeness (QED) is 0.651. The first kappa shape index (κ1) is 11.9. The minimum absolute atomic E-state index is 0.458. The highest BCUT2D eigenvalue weighted by molar-refractivity contribution is 5.97. The number of nitrogens with one attached hydrogen (secondary N) is 1. The van der Waals surface area contributed by atoms with E-state index in [2.05, 4.69) is 59.9 Å². The lowest BCUT2D eigenvalue weighted by atomic mass is 10.0. The Kier molecular flexibility index (Phi) is 2.23. The van der Waals surface area contributed by atoms with Gasteiger partial charge in [-0.2, -0.15) is 0 Å². The summed E-state index contributed by atoms with van der Waals surface area (Å²) in [6, 6.07) is 21.0. The average Bonchev–Trinajstić information content (AvgIpc) is 2.93. The maximum absolute atomic E-state index is 6.31. The second-order valence-electron chi connectivity index (χ2n) is 5.99. The van der Waals surface area contributed by atoms with Crippen molar-refractivity contribution >= 4 is 22.5 Å². The molecule has 2 nitrogen and oxygen atoms in total. The van der Waals surface area contributed by atoms with Crippen molar-refractivity contribution in [3.05, 3.63) is 77.9 Å². The standard InChI is InChI=1S/C20H15NO/c1-3-7-17-14(5-1)9-10-16-13-20(21-19(16)17)12-11-15-6-2-4-8-18(15)22-20/h1-12,21H,13H2. The predicted octanol–water partition coefficient (Wildman–Crippen LogP) is 4.61. The van der Waals surface area contributed by atoms with E-state index in [1.807, 2.05) is 18.2 Å². The maximum Gasteiger partial charge on any atom is 0.204 e. The lowest BCUT2D eigenvalue weighted by Crippen LogP contribution is -2.41. The van der Waals surface area contributed by atoms with E-state index in [0.717, 1.165) is 17.7 Å². The van der Waals surface area contributed by atoms with Crippen molar-refractivity contribution in [2.75, 3.05) is 5.32 Å². The molecule has 0 fully saturated rings. The SMILES string of the molecule is C1=CC2(Cc3ccc4ccccc4c3N2)Oc2ccccc21. The van der Waals surface area contributed by atoms with Crippen molar-refractivity contribution in [3.8, 4) is 5.75 Å². The summed E-state index contributed by atoms with van der Waals surface area (Å²) >= 11 is 0. The van der Waals surface area contributed by atoms with Crippen LogP contribution in [0.2, 0.25) is 0 Å². The van der Waals surface area contributed by atoms with Crippen LogP contribution in [-0.4, -0.2) is 5.72 Å². The molecule has 2 heterocycles. The summed E-state index contributed by atoms with van der Waals surface area (Å²) in [6.45, 7) is 0. The topological polar surface area (TPSA) is 21.3 Å². The Labute approximate surface area is 129 Å². The zero-order valence-electron chi connectivity index (χ0n) is 12.0. The molecule has 0 saturated carbocycles. The fourth-order valence-corrected chi connectivity index (χ4v) is 3.48. The molecule has 3 aromatic carbocycles. The van der Waals surface area contributed by atoms with Crippen LogP contribution in [0.1, 0.15) is 11.1 Å². The number of hydrogen-bond acceptors (Lipinski definition) is 2. The second kappa shape index (κ2) is 4.14. The molecule has 3 aromatic rings. The van der Waals surface area contributed by atoms with Crippen molar-refractivity contribution in [1.82, 2.24) is 0 Å². The first-order valence-corrected chi connectivity index (χ1v) is 7.59. The Balaban J connectivity index is 1.62. The molecular formula is C20H15NO. The van der Waals surface area contributed by atoms with Gasteiger partial charge in [0, 0.05) is 23.1 Å². The Morgan fingerprint density at radius 1 is 0.909 bits per heavy atom. The highest BCUT2D eigenvalue weighted by Crippen LogP contribution is 2.42. The number of hydrogen-bond donors (Lipinski definition) is 1. The average molecular weight is 285 g/mol. The van der Waals surface area contributed by atoms with Crippen molar-refractivity contribution < 1.29 is 4.74 Å². The third kappa shape index (κ3) is 1.61. The van der Waals surface area contributed by atoms with Crippen LogP contribution in [0, 0.1) is 0 Å². The van der Waals surface area contributed by atoms with E-state index in [1.165, 1.54) is 22.0 Å². The monoisotopic (exact) mass is 285 g/mol. The lowest BCUT2D eigenvalue weighted by molar-refractivity contribution is 0.155. The maximum atomic E-state index is 6.31. The summed E-state index contributed by atoms with van der Waals surface area (Å²) in [4.78, 5) is 0. The van der Waals surface area contributed by atoms with Crippen molar-refractivity contribution in [2.24, 2.45) is 0 Å². The van der Waals surface area contributed by atoms with Crippen molar-refractivity contribution in [3.63, 3.8) is 0 Å². The van der Waals surface area contributed by atoms with Gasteiger partial charge in [-0.25, -0.2) is 0 Å². The van der Waals surface area contributed by atoms with Gasteiger partial charge in [-0.05, 0) is 29.2 Å². The van der Waals surface area contributed by atoms with Gasteiger partial charge >= 0.3 is 0 Å². The number of anilines is 1. The van der Waals surface area contributed by atoms with Gasteiger partial charge < -0.3 is 10.1 Å². The molecule has 2 aliphatic rings. The molecule has 5 rings (SSSR count). The fourth-order valence-electron chi connectivity index (χ4n) is 3.48. The van der Waals surface area contributed by atoms with Crippen LogP contribution in [0.15, 0.2) is 66.7 Å². The number of fused-ring (bicyclic) bond motifs is 4. The van der Waals surface area contributed by atoms with Gasteiger partial charge in [-0.15, -0.1) is 0 Å². The van der Waals surface area contributed by atoms with E-state index in [0.29, 0.717) is 0 Å². The van der Waals surface area contributed by atoms with Crippen LogP contribution in [0.4, 0.5) is 5.69 Å². The van der Waals surface area contributed by atoms with Crippen molar-refractivity contribution in [2.45, 2.75) is 12.1 Å². The molecule has 0 aromatic heterocycles. The highest BCUT2D eigenvalue weighted by atomic mass is 16.5. The molecule has 22 heavy (non-hydrogen) atoms. The molecule has 0 amide bonds. The van der Waals surface area contributed by atoms with E-state index < -0.39 is 5.72 Å². The molecule has 1 N–H and O–H groups in total. The third-order valence-corrected chi connectivity index (χ3v) is 4.55. The van der Waals surface area contributed by atoms with E-state index in [4.69, 9.17) is 4.74 Å². The van der Waals surface area contributed by atoms with Crippen molar-refractivity contribution in [1.29, 1.82) is 0 Å². The van der Waals surface area contributed by atoms with Crippen LogP contribution < -0.4 is 10.1 Å². The lowest BCUT2D eigenvalue weighted by Gasteiger charge is -2.31. The van der Waals surface area contributed by atoms with Crippen LogP contribution >= 0.6 is 0 Å². The summed E-state index contributed by atoms with van der Waals surface area (Å²) in [5, 5.41) is 6.14. The Morgan fingerprint density at radius 3 is 2.77 bits per heavy atom. The number of benzene rings is 3. The van der Waals surface area contributed by atoms with E-state index in [-0.39, 0.29) is 0 Å². The first-order chi connectivity index (χ1) is 10.8. The molecule has 106 valence electrons. The van der Waals surface area contributed by atoms with E-state index in [1.54, 1.807) is 0 Å². The van der Waals surface area contributed by atoms with E-state index in [9.17, 15) is 0 Å². The zero-order valence-corrected chi connectivity index (χ0v) is 12.0. The Bertz CT molecular complexity index is 928. The second-order valence-corrected chi connectivity index (χ2v) is 5.99. The number of ether oxygens (including phenoxy) is 1. The van der Waals surface area contributed by atoms with Gasteiger partial charge in [-0.3, -0.25) is 0 Å². The molecule has 0 bridgehead atoms. The minimum Gasteiger partial charge on any atom is -0.464 e. The molecule has 0 radical (unpaired) electrons. The summed E-state index contributed by atoms with van der Waals surface area (Å²) in [6.07, 6.45) is 5.14. The number of para-hydroxylation sites is 1. The van der Waals surface area contributed by atoms with Gasteiger partial charge in [0.25, 0.3) is 0 Å². The van der Waals surface area contributed by atoms with Gasteiger partial charge in [0.15, 0.2) is 0 Å². The smallest absolute Gasteiger partial charge is 0.204 e. The zero-order chi connectivity index (χ0) is 14.6. The van der Waals surface area contributed by atoms with Gasteiger partial charge in [-0.1, -0.05) is 54.6 Å². The summed E-state index contributed by atoms with van der Waals surface area (Å²) in [5.74, 6) is 0.939. The number of rotatable bonds is 0. The summed E-state index contributed by atoms with van der Waals surface area (Å²) in [5.41, 5.74) is 3.18. The fraction of sp³-hybridized carbons (Fsp3) is 0.100. The molecule has 1 spiro atoms. The van der Waals surface area contributed by atoms with Gasteiger partial charge in [0.1, 0.15) is 5.75 Å². The van der Waals surface area contributed by atoms with Gasteiger partial charge in [0.05, 0.1) is 0 Å².